The van der Waals surface area contributed by atoms with Crippen LogP contribution in [0, 0.1) is 0 Å². The lowest BCUT2D eigenvalue weighted by atomic mass is 10.2. The van der Waals surface area contributed by atoms with Crippen molar-refractivity contribution in [2.45, 2.75) is 18.2 Å². The van der Waals surface area contributed by atoms with E-state index in [9.17, 15) is 13.2 Å². The van der Waals surface area contributed by atoms with Gasteiger partial charge in [-0.1, -0.05) is 6.92 Å². The molecule has 0 spiro atoms. The van der Waals surface area contributed by atoms with Crippen molar-refractivity contribution in [1.82, 2.24) is 10.3 Å². The third-order valence-corrected chi connectivity index (χ3v) is 4.82. The molecule has 9 heteroatoms. The number of rotatable bonds is 9. The normalized spacial score (nSPS) is 10.9. The minimum absolute atomic E-state index is 0.00973. The van der Waals surface area contributed by atoms with Crippen molar-refractivity contribution in [3.63, 3.8) is 0 Å². The molecule has 0 fully saturated rings. The molecule has 2 N–H and O–H groups in total. The molecule has 0 unspecified atom stereocenters. The highest BCUT2D eigenvalue weighted by atomic mass is 32.2. The summed E-state index contributed by atoms with van der Waals surface area (Å²) in [6.07, 6.45) is 0.832. The van der Waals surface area contributed by atoms with Crippen molar-refractivity contribution < 1.29 is 27.4 Å². The molecule has 0 aliphatic rings. The SMILES string of the molecule is CCCOc1ccc(C(=O)NNS(=O)(=O)c2ccc(OC)cc2)cc1OC. The van der Waals surface area contributed by atoms with Crippen molar-refractivity contribution in [2.75, 3.05) is 20.8 Å². The summed E-state index contributed by atoms with van der Waals surface area (Å²) in [5, 5.41) is 0. The number of ether oxygens (including phenoxy) is 3. The molecule has 0 radical (unpaired) electrons. The van der Waals surface area contributed by atoms with Crippen LogP contribution in [-0.2, 0) is 10.0 Å². The monoisotopic (exact) mass is 394 g/mol. The quantitative estimate of drug-likeness (QED) is 0.632. The molecule has 2 rings (SSSR count). The minimum Gasteiger partial charge on any atom is -0.497 e. The lowest BCUT2D eigenvalue weighted by molar-refractivity contribution is 0.0944. The molecule has 2 aromatic carbocycles. The van der Waals surface area contributed by atoms with Crippen LogP contribution in [0.5, 0.6) is 17.2 Å². The molecule has 0 aromatic heterocycles. The van der Waals surface area contributed by atoms with Gasteiger partial charge in [0.15, 0.2) is 11.5 Å². The second-order valence-electron chi connectivity index (χ2n) is 5.45. The van der Waals surface area contributed by atoms with Crippen molar-refractivity contribution in [3.05, 3.63) is 48.0 Å². The van der Waals surface area contributed by atoms with Gasteiger partial charge >= 0.3 is 0 Å². The number of sulfonamides is 1. The van der Waals surface area contributed by atoms with Gasteiger partial charge in [-0.15, -0.1) is 4.83 Å². The van der Waals surface area contributed by atoms with Crippen LogP contribution in [0.25, 0.3) is 0 Å². The lowest BCUT2D eigenvalue weighted by Crippen LogP contribution is -2.41. The number of hydrogen-bond acceptors (Lipinski definition) is 6. The largest absolute Gasteiger partial charge is 0.497 e. The van der Waals surface area contributed by atoms with Crippen LogP contribution in [0.2, 0.25) is 0 Å². The van der Waals surface area contributed by atoms with Crippen LogP contribution in [0.3, 0.4) is 0 Å². The first-order chi connectivity index (χ1) is 12.9. The van der Waals surface area contributed by atoms with Crippen molar-refractivity contribution in [1.29, 1.82) is 0 Å². The zero-order valence-electron chi connectivity index (χ0n) is 15.3. The Balaban J connectivity index is 2.07. The van der Waals surface area contributed by atoms with Gasteiger partial charge in [0.25, 0.3) is 15.9 Å². The van der Waals surface area contributed by atoms with Crippen LogP contribution in [0.15, 0.2) is 47.4 Å². The molecule has 0 saturated heterocycles. The summed E-state index contributed by atoms with van der Waals surface area (Å²) in [7, 11) is -0.976. The van der Waals surface area contributed by atoms with Crippen LogP contribution >= 0.6 is 0 Å². The molecule has 27 heavy (non-hydrogen) atoms. The average molecular weight is 394 g/mol. The predicted molar refractivity (Wildman–Crippen MR) is 99.6 cm³/mol. The van der Waals surface area contributed by atoms with E-state index in [1.807, 2.05) is 6.92 Å². The van der Waals surface area contributed by atoms with E-state index in [0.717, 1.165) is 6.42 Å². The third-order valence-electron chi connectivity index (χ3n) is 3.56. The highest BCUT2D eigenvalue weighted by molar-refractivity contribution is 7.89. The van der Waals surface area contributed by atoms with Crippen LogP contribution < -0.4 is 24.5 Å². The zero-order chi connectivity index (χ0) is 19.9. The topological polar surface area (TPSA) is 103 Å². The first-order valence-corrected chi connectivity index (χ1v) is 9.66. The number of amides is 1. The summed E-state index contributed by atoms with van der Waals surface area (Å²) in [5.74, 6) is 0.784. The molecular weight excluding hydrogens is 372 g/mol. The second-order valence-corrected chi connectivity index (χ2v) is 7.13. The molecule has 1 amide bonds. The van der Waals surface area contributed by atoms with E-state index in [4.69, 9.17) is 14.2 Å². The zero-order valence-corrected chi connectivity index (χ0v) is 16.1. The first kappa shape index (κ1) is 20.5. The fourth-order valence-electron chi connectivity index (χ4n) is 2.14. The maximum atomic E-state index is 12.3. The minimum atomic E-state index is -3.92. The lowest BCUT2D eigenvalue weighted by Gasteiger charge is -2.12. The second kappa shape index (κ2) is 9.24. The average Bonchev–Trinajstić information content (AvgIpc) is 2.70. The Hall–Kier alpha value is -2.78. The third kappa shape index (κ3) is 5.35. The van der Waals surface area contributed by atoms with Crippen LogP contribution in [0.4, 0.5) is 0 Å². The van der Waals surface area contributed by atoms with Gasteiger partial charge in [0, 0.05) is 5.56 Å². The van der Waals surface area contributed by atoms with E-state index in [1.54, 1.807) is 6.07 Å². The number of nitrogens with one attached hydrogen (secondary N) is 2. The van der Waals surface area contributed by atoms with Gasteiger partial charge in [-0.25, -0.2) is 8.42 Å². The van der Waals surface area contributed by atoms with Crippen LogP contribution in [-0.4, -0.2) is 35.2 Å². The van der Waals surface area contributed by atoms with E-state index in [-0.39, 0.29) is 10.5 Å². The Labute approximate surface area is 158 Å². The summed E-state index contributed by atoms with van der Waals surface area (Å²) in [6.45, 7) is 2.49. The van der Waals surface area contributed by atoms with Crippen molar-refractivity contribution >= 4 is 15.9 Å². The molecule has 0 aliphatic carbocycles. The fraction of sp³-hybridized carbons (Fsp3) is 0.278. The molecule has 0 atom stereocenters. The van der Waals surface area contributed by atoms with Crippen molar-refractivity contribution in [2.24, 2.45) is 0 Å². The Bertz CT molecular complexity index is 881. The Morgan fingerprint density at radius 3 is 2.30 bits per heavy atom. The standard InChI is InChI=1S/C18H22N2O6S/c1-4-11-26-16-10-5-13(12-17(16)25-3)18(21)19-20-27(22,23)15-8-6-14(24-2)7-9-15/h5-10,12,20H,4,11H2,1-3H3,(H,19,21). The summed E-state index contributed by atoms with van der Waals surface area (Å²) in [6, 6.07) is 10.4. The number of carbonyl (C=O) groups excluding carboxylic acids is 1. The summed E-state index contributed by atoms with van der Waals surface area (Å²) < 4.78 is 40.2. The number of hydrogen-bond donors (Lipinski definition) is 2. The highest BCUT2D eigenvalue weighted by Gasteiger charge is 2.17. The van der Waals surface area contributed by atoms with Gasteiger partial charge in [-0.3, -0.25) is 10.2 Å². The van der Waals surface area contributed by atoms with Gasteiger partial charge in [0.05, 0.1) is 25.7 Å². The maximum Gasteiger partial charge on any atom is 0.266 e. The highest BCUT2D eigenvalue weighted by Crippen LogP contribution is 2.28. The van der Waals surface area contributed by atoms with Crippen molar-refractivity contribution in [3.8, 4) is 17.2 Å². The molecule has 8 nitrogen and oxygen atoms in total. The first-order valence-electron chi connectivity index (χ1n) is 8.18. The predicted octanol–water partition coefficient (Wildman–Crippen LogP) is 2.12. The van der Waals surface area contributed by atoms with E-state index in [0.29, 0.717) is 23.9 Å². The summed E-state index contributed by atoms with van der Waals surface area (Å²) in [4.78, 5) is 14.3. The fourth-order valence-corrected chi connectivity index (χ4v) is 2.98. The Kier molecular flexibility index (Phi) is 7.03. The van der Waals surface area contributed by atoms with Gasteiger partial charge in [-0.05, 0) is 48.9 Å². The summed E-state index contributed by atoms with van der Waals surface area (Å²) >= 11 is 0. The number of methoxy groups -OCH3 is 2. The van der Waals surface area contributed by atoms with Gasteiger partial charge in [0.1, 0.15) is 5.75 Å². The maximum absolute atomic E-state index is 12.3. The number of hydrazine groups is 1. The smallest absolute Gasteiger partial charge is 0.266 e. The van der Waals surface area contributed by atoms with E-state index < -0.39 is 15.9 Å². The number of benzene rings is 2. The van der Waals surface area contributed by atoms with E-state index in [2.05, 4.69) is 10.3 Å². The molecule has 0 saturated carbocycles. The van der Waals surface area contributed by atoms with E-state index >= 15 is 0 Å². The summed E-state index contributed by atoms with van der Waals surface area (Å²) in [5.41, 5.74) is 2.39. The number of carbonyl (C=O) groups is 1. The Morgan fingerprint density at radius 1 is 1.00 bits per heavy atom. The molecule has 0 bridgehead atoms. The van der Waals surface area contributed by atoms with Gasteiger partial charge < -0.3 is 14.2 Å². The molecule has 2 aromatic rings. The van der Waals surface area contributed by atoms with Crippen LogP contribution in [0.1, 0.15) is 23.7 Å². The Morgan fingerprint density at radius 2 is 1.70 bits per heavy atom. The molecule has 0 heterocycles. The van der Waals surface area contributed by atoms with Gasteiger partial charge in [-0.2, -0.15) is 0 Å². The van der Waals surface area contributed by atoms with E-state index in [1.165, 1.54) is 50.6 Å². The van der Waals surface area contributed by atoms with Gasteiger partial charge in [0.2, 0.25) is 0 Å². The molecule has 146 valence electrons. The molecular formula is C18H22N2O6S. The molecule has 0 aliphatic heterocycles.